The molecule has 2 heterocycles. The van der Waals surface area contributed by atoms with Crippen molar-refractivity contribution < 1.29 is 15.3 Å². The molecule has 4 nitrogen and oxygen atoms in total. The highest BCUT2D eigenvalue weighted by atomic mass is 16.3. The Hall–Kier alpha value is -0.160. The van der Waals surface area contributed by atoms with Crippen LogP contribution in [0.2, 0.25) is 0 Å². The standard InChI is InChI=1S/C27H45NO3/c1-15-4-7-25-27(3,31)21-6-5-17-18(20(21)14-28(25)13-15)11-22-19(17)12-24(30)23-10-16(29)8-9-26(22,23)2/h15-25,29-31H,4-14H2,1-3H3/t15?,16?,17?,18?,19?,20?,21?,22?,23?,24?,25?,26-,27+/m1/s1. The van der Waals surface area contributed by atoms with Gasteiger partial charge in [-0.15, -0.1) is 0 Å². The van der Waals surface area contributed by atoms with E-state index in [0.717, 1.165) is 50.5 Å². The summed E-state index contributed by atoms with van der Waals surface area (Å²) >= 11 is 0. The minimum absolute atomic E-state index is 0.188. The first-order chi connectivity index (χ1) is 14.7. The second kappa shape index (κ2) is 7.17. The second-order valence-electron chi connectivity index (χ2n) is 13.4. The van der Waals surface area contributed by atoms with E-state index in [1.54, 1.807) is 0 Å². The third-order valence-electron chi connectivity index (χ3n) is 12.0. The average molecular weight is 432 g/mol. The third kappa shape index (κ3) is 3.00. The van der Waals surface area contributed by atoms with Gasteiger partial charge < -0.3 is 15.3 Å². The van der Waals surface area contributed by atoms with Gasteiger partial charge in [-0.05, 0) is 117 Å². The molecule has 4 heteroatoms. The Morgan fingerprint density at radius 2 is 1.55 bits per heavy atom. The van der Waals surface area contributed by atoms with Crippen LogP contribution < -0.4 is 0 Å². The van der Waals surface area contributed by atoms with Crippen LogP contribution in [0.5, 0.6) is 0 Å². The fourth-order valence-electron chi connectivity index (χ4n) is 10.6. The largest absolute Gasteiger partial charge is 0.393 e. The molecular weight excluding hydrogens is 386 g/mol. The van der Waals surface area contributed by atoms with Crippen LogP contribution in [-0.2, 0) is 0 Å². The summed E-state index contributed by atoms with van der Waals surface area (Å²) in [7, 11) is 0. The lowest BCUT2D eigenvalue weighted by atomic mass is 9.51. The molecular formula is C27H45NO3. The molecule has 0 bridgehead atoms. The number of piperidine rings is 2. The van der Waals surface area contributed by atoms with Crippen LogP contribution in [0.25, 0.3) is 0 Å². The zero-order valence-electron chi connectivity index (χ0n) is 19.9. The van der Waals surface area contributed by atoms with Crippen molar-refractivity contribution in [2.45, 2.75) is 102 Å². The summed E-state index contributed by atoms with van der Waals surface area (Å²) in [6.07, 6.45) is 9.43. The number of hydrogen-bond donors (Lipinski definition) is 3. The van der Waals surface area contributed by atoms with Crippen LogP contribution >= 0.6 is 0 Å². The van der Waals surface area contributed by atoms with E-state index in [4.69, 9.17) is 0 Å². The third-order valence-corrected chi connectivity index (χ3v) is 12.0. The van der Waals surface area contributed by atoms with Crippen molar-refractivity contribution in [1.82, 2.24) is 4.90 Å². The van der Waals surface area contributed by atoms with Crippen molar-refractivity contribution in [1.29, 1.82) is 0 Å². The summed E-state index contributed by atoms with van der Waals surface area (Å²) in [5, 5.41) is 33.3. The van der Waals surface area contributed by atoms with E-state index in [1.807, 2.05) is 0 Å². The van der Waals surface area contributed by atoms with Crippen LogP contribution in [0.4, 0.5) is 0 Å². The number of fused-ring (bicyclic) bond motifs is 8. The maximum atomic E-state index is 11.8. The highest BCUT2D eigenvalue weighted by molar-refractivity contribution is 5.14. The summed E-state index contributed by atoms with van der Waals surface area (Å²) in [6, 6.07) is 0.355. The van der Waals surface area contributed by atoms with Gasteiger partial charge in [0.1, 0.15) is 0 Å². The number of nitrogens with zero attached hydrogens (tertiary/aromatic N) is 1. The van der Waals surface area contributed by atoms with E-state index in [0.29, 0.717) is 35.6 Å². The van der Waals surface area contributed by atoms with Crippen molar-refractivity contribution in [2.24, 2.45) is 52.8 Å². The summed E-state index contributed by atoms with van der Waals surface area (Å²) in [4.78, 5) is 2.68. The summed E-state index contributed by atoms with van der Waals surface area (Å²) in [5.41, 5.74) is -0.365. The molecule has 31 heavy (non-hydrogen) atoms. The molecule has 0 aromatic carbocycles. The maximum Gasteiger partial charge on any atom is 0.0805 e. The number of hydrogen-bond acceptors (Lipinski definition) is 4. The first-order valence-corrected chi connectivity index (χ1v) is 13.5. The molecule has 6 aliphatic rings. The van der Waals surface area contributed by atoms with E-state index in [9.17, 15) is 15.3 Å². The normalized spacial score (nSPS) is 61.5. The smallest absolute Gasteiger partial charge is 0.0805 e. The lowest BCUT2D eigenvalue weighted by Crippen LogP contribution is -2.67. The zero-order valence-corrected chi connectivity index (χ0v) is 19.9. The Balaban J connectivity index is 1.30. The van der Waals surface area contributed by atoms with Crippen molar-refractivity contribution in [3.05, 3.63) is 0 Å². The van der Waals surface area contributed by atoms with E-state index >= 15 is 0 Å². The van der Waals surface area contributed by atoms with Gasteiger partial charge in [0.05, 0.1) is 17.8 Å². The van der Waals surface area contributed by atoms with Gasteiger partial charge in [-0.1, -0.05) is 13.8 Å². The van der Waals surface area contributed by atoms with Gasteiger partial charge in [-0.2, -0.15) is 0 Å². The van der Waals surface area contributed by atoms with E-state index < -0.39 is 5.60 Å². The van der Waals surface area contributed by atoms with Crippen LogP contribution in [0.1, 0.15) is 78.6 Å². The molecule has 4 saturated carbocycles. The minimum atomic E-state index is -0.553. The Morgan fingerprint density at radius 1 is 0.742 bits per heavy atom. The molecule has 4 aliphatic carbocycles. The van der Waals surface area contributed by atoms with Gasteiger partial charge in [0.15, 0.2) is 0 Å². The Morgan fingerprint density at radius 3 is 2.35 bits per heavy atom. The second-order valence-corrected chi connectivity index (χ2v) is 13.4. The molecule has 2 saturated heterocycles. The zero-order chi connectivity index (χ0) is 21.7. The van der Waals surface area contributed by atoms with Gasteiger partial charge in [0, 0.05) is 19.1 Å². The number of aliphatic hydroxyl groups is 3. The molecule has 0 amide bonds. The molecule has 176 valence electrons. The number of rotatable bonds is 0. The Labute approximate surface area is 188 Å². The molecule has 13 atom stereocenters. The van der Waals surface area contributed by atoms with Gasteiger partial charge in [-0.25, -0.2) is 0 Å². The highest BCUT2D eigenvalue weighted by Gasteiger charge is 2.64. The van der Waals surface area contributed by atoms with Crippen LogP contribution in [0, 0.1) is 52.8 Å². The van der Waals surface area contributed by atoms with Gasteiger partial charge in [0.25, 0.3) is 0 Å². The molecule has 3 N–H and O–H groups in total. The lowest BCUT2D eigenvalue weighted by Gasteiger charge is -2.60. The maximum absolute atomic E-state index is 11.8. The van der Waals surface area contributed by atoms with Crippen molar-refractivity contribution >= 4 is 0 Å². The molecule has 0 spiro atoms. The predicted octanol–water partition coefficient (Wildman–Crippen LogP) is 3.68. The summed E-state index contributed by atoms with van der Waals surface area (Å²) in [6.45, 7) is 9.36. The van der Waals surface area contributed by atoms with Crippen molar-refractivity contribution in [3.63, 3.8) is 0 Å². The summed E-state index contributed by atoms with van der Waals surface area (Å²) in [5.74, 6) is 4.89. The fourth-order valence-corrected chi connectivity index (χ4v) is 10.6. The minimum Gasteiger partial charge on any atom is -0.393 e. The van der Waals surface area contributed by atoms with Gasteiger partial charge >= 0.3 is 0 Å². The molecule has 0 aromatic rings. The quantitative estimate of drug-likeness (QED) is 0.547. The molecule has 6 rings (SSSR count). The topological polar surface area (TPSA) is 63.9 Å². The van der Waals surface area contributed by atoms with Crippen molar-refractivity contribution in [2.75, 3.05) is 13.1 Å². The van der Waals surface area contributed by atoms with Crippen LogP contribution in [0.15, 0.2) is 0 Å². The monoisotopic (exact) mass is 431 g/mol. The highest BCUT2D eigenvalue weighted by Crippen LogP contribution is 2.67. The SMILES string of the molecule is CC1CCC2N(C1)CC1C3CC4C(CC(O)C5CC(O)CC[C@@]54C)C3CCC1[C@]2(C)O. The van der Waals surface area contributed by atoms with Crippen molar-refractivity contribution in [3.8, 4) is 0 Å². The molecule has 11 unspecified atom stereocenters. The first kappa shape index (κ1) is 21.4. The predicted molar refractivity (Wildman–Crippen MR) is 121 cm³/mol. The molecule has 2 aliphatic heterocycles. The Kier molecular flexibility index (Phi) is 4.94. The molecule has 6 fully saturated rings. The van der Waals surface area contributed by atoms with E-state index in [-0.39, 0.29) is 23.5 Å². The summed E-state index contributed by atoms with van der Waals surface area (Å²) < 4.78 is 0. The lowest BCUT2D eigenvalue weighted by molar-refractivity contribution is -0.176. The Bertz CT molecular complexity index is 711. The van der Waals surface area contributed by atoms with Gasteiger partial charge in [0.2, 0.25) is 0 Å². The van der Waals surface area contributed by atoms with E-state index in [1.165, 1.54) is 32.2 Å². The van der Waals surface area contributed by atoms with Crippen LogP contribution in [-0.4, -0.2) is 57.2 Å². The van der Waals surface area contributed by atoms with Crippen LogP contribution in [0.3, 0.4) is 0 Å². The average Bonchev–Trinajstić information content (AvgIpc) is 3.09. The van der Waals surface area contributed by atoms with Gasteiger partial charge in [-0.3, -0.25) is 4.90 Å². The number of aliphatic hydroxyl groups excluding tert-OH is 2. The first-order valence-electron chi connectivity index (χ1n) is 13.5. The fraction of sp³-hybridized carbons (Fsp3) is 1.00. The molecule has 0 radical (unpaired) electrons. The molecule has 0 aromatic heterocycles. The van der Waals surface area contributed by atoms with E-state index in [2.05, 4.69) is 25.7 Å².